The monoisotopic (exact) mass is 366 g/mol. The van der Waals surface area contributed by atoms with E-state index in [9.17, 15) is 13.2 Å². The number of halogens is 5. The highest BCUT2D eigenvalue weighted by Crippen LogP contribution is 2.40. The smallest absolute Gasteiger partial charge is 0.420 e. The van der Waals surface area contributed by atoms with Gasteiger partial charge in [-0.25, -0.2) is 0 Å². The minimum atomic E-state index is -4.52. The lowest BCUT2D eigenvalue weighted by atomic mass is 10.2. The molecule has 0 bridgehead atoms. The summed E-state index contributed by atoms with van der Waals surface area (Å²) in [6, 6.07) is 2.30. The maximum atomic E-state index is 12.2. The Bertz CT molecular complexity index is 337. The first-order chi connectivity index (χ1) is 5.82. The van der Waals surface area contributed by atoms with Gasteiger partial charge in [0, 0.05) is 3.57 Å². The minimum Gasteiger partial charge on any atom is -0.506 e. The van der Waals surface area contributed by atoms with Gasteiger partial charge in [-0.3, -0.25) is 0 Å². The van der Waals surface area contributed by atoms with Gasteiger partial charge in [-0.2, -0.15) is 13.2 Å². The van der Waals surface area contributed by atoms with Crippen LogP contribution in [0.2, 0.25) is 0 Å². The summed E-state index contributed by atoms with van der Waals surface area (Å²) in [6.45, 7) is 0. The van der Waals surface area contributed by atoms with Crippen LogP contribution in [0.25, 0.3) is 0 Å². The summed E-state index contributed by atoms with van der Waals surface area (Å²) in [5, 5.41) is 9.09. The molecule has 0 heterocycles. The Balaban J connectivity index is 3.37. The summed E-state index contributed by atoms with van der Waals surface area (Å²) in [5.74, 6) is -0.770. The quantitative estimate of drug-likeness (QED) is 0.693. The fourth-order valence-corrected chi connectivity index (χ4v) is 2.29. The molecule has 0 radical (unpaired) electrons. The van der Waals surface area contributed by atoms with E-state index in [1.165, 1.54) is 6.07 Å². The molecule has 0 aromatic heterocycles. The Morgan fingerprint density at radius 2 is 1.85 bits per heavy atom. The molecule has 72 valence electrons. The molecule has 0 aliphatic carbocycles. The zero-order valence-corrected chi connectivity index (χ0v) is 9.74. The van der Waals surface area contributed by atoms with Gasteiger partial charge in [0.1, 0.15) is 5.75 Å². The lowest BCUT2D eigenvalue weighted by molar-refractivity contribution is -0.138. The molecule has 0 aliphatic rings. The van der Waals surface area contributed by atoms with E-state index in [1.807, 2.05) is 0 Å². The van der Waals surface area contributed by atoms with Gasteiger partial charge < -0.3 is 5.11 Å². The number of phenolic OH excluding ortho intramolecular Hbond substituents is 1. The van der Waals surface area contributed by atoms with Gasteiger partial charge in [-0.05, 0) is 50.7 Å². The number of phenols is 1. The molecule has 1 nitrogen and oxygen atoms in total. The standard InChI is InChI=1S/C7H3BrF3IO/c8-5-2-3(12)1-4(6(5)13)7(9,10)11/h1-2,13H. The van der Waals surface area contributed by atoms with Crippen molar-refractivity contribution < 1.29 is 18.3 Å². The third-order valence-electron chi connectivity index (χ3n) is 1.33. The van der Waals surface area contributed by atoms with Crippen molar-refractivity contribution >= 4 is 38.5 Å². The van der Waals surface area contributed by atoms with E-state index in [-0.39, 0.29) is 4.47 Å². The summed E-state index contributed by atoms with van der Waals surface area (Å²) in [4.78, 5) is 0. The van der Waals surface area contributed by atoms with Gasteiger partial charge in [0.15, 0.2) is 0 Å². The lowest BCUT2D eigenvalue weighted by Gasteiger charge is -2.10. The van der Waals surface area contributed by atoms with Crippen molar-refractivity contribution in [3.8, 4) is 5.75 Å². The van der Waals surface area contributed by atoms with Crippen molar-refractivity contribution in [1.29, 1.82) is 0 Å². The van der Waals surface area contributed by atoms with E-state index in [0.29, 0.717) is 3.57 Å². The summed E-state index contributed by atoms with van der Waals surface area (Å²) < 4.78 is 37.1. The normalized spacial score (nSPS) is 11.8. The van der Waals surface area contributed by atoms with Gasteiger partial charge in [0.05, 0.1) is 10.0 Å². The fraction of sp³-hybridized carbons (Fsp3) is 0.143. The second-order valence-electron chi connectivity index (χ2n) is 2.28. The Morgan fingerprint density at radius 1 is 1.31 bits per heavy atom. The first-order valence-electron chi connectivity index (χ1n) is 3.07. The SMILES string of the molecule is Oc1c(Br)cc(I)cc1C(F)(F)F. The first-order valence-corrected chi connectivity index (χ1v) is 4.94. The van der Waals surface area contributed by atoms with Crippen LogP contribution in [0.15, 0.2) is 16.6 Å². The van der Waals surface area contributed by atoms with Crippen molar-refractivity contribution in [1.82, 2.24) is 0 Å². The van der Waals surface area contributed by atoms with Crippen LogP contribution in [0.1, 0.15) is 5.56 Å². The molecule has 0 atom stereocenters. The first kappa shape index (κ1) is 11.1. The summed E-state index contributed by atoms with van der Waals surface area (Å²) in [5.41, 5.74) is -1.02. The number of hydrogen-bond donors (Lipinski definition) is 1. The fourth-order valence-electron chi connectivity index (χ4n) is 0.782. The molecule has 0 unspecified atom stereocenters. The van der Waals surface area contributed by atoms with E-state index >= 15 is 0 Å². The highest BCUT2D eigenvalue weighted by Gasteiger charge is 2.34. The molecule has 0 saturated carbocycles. The average molecular weight is 367 g/mol. The maximum absolute atomic E-state index is 12.2. The van der Waals surface area contributed by atoms with Crippen LogP contribution in [-0.2, 0) is 6.18 Å². The number of aromatic hydroxyl groups is 1. The Hall–Kier alpha value is 0.0200. The van der Waals surface area contributed by atoms with Gasteiger partial charge in [0.25, 0.3) is 0 Å². The van der Waals surface area contributed by atoms with E-state index < -0.39 is 17.5 Å². The van der Waals surface area contributed by atoms with Crippen LogP contribution in [0.4, 0.5) is 13.2 Å². The van der Waals surface area contributed by atoms with Crippen LogP contribution in [0, 0.1) is 3.57 Å². The molecule has 13 heavy (non-hydrogen) atoms. The highest BCUT2D eigenvalue weighted by molar-refractivity contribution is 14.1. The van der Waals surface area contributed by atoms with Crippen LogP contribution in [0.3, 0.4) is 0 Å². The third kappa shape index (κ3) is 2.49. The largest absolute Gasteiger partial charge is 0.506 e. The van der Waals surface area contributed by atoms with Crippen molar-refractivity contribution in [2.24, 2.45) is 0 Å². The Labute approximate surface area is 94.2 Å². The zero-order chi connectivity index (χ0) is 10.2. The second-order valence-corrected chi connectivity index (χ2v) is 4.38. The minimum absolute atomic E-state index is 0.0479. The molecule has 6 heteroatoms. The summed E-state index contributed by atoms with van der Waals surface area (Å²) in [6.07, 6.45) is -4.52. The number of benzene rings is 1. The van der Waals surface area contributed by atoms with Crippen LogP contribution < -0.4 is 0 Å². The van der Waals surface area contributed by atoms with Gasteiger partial charge in [-0.1, -0.05) is 0 Å². The van der Waals surface area contributed by atoms with E-state index in [4.69, 9.17) is 5.11 Å². The number of rotatable bonds is 0. The molecule has 0 spiro atoms. The van der Waals surface area contributed by atoms with Crippen molar-refractivity contribution in [2.45, 2.75) is 6.18 Å². The molecule has 1 aromatic rings. The summed E-state index contributed by atoms with van der Waals surface area (Å²) in [7, 11) is 0. The molecule has 0 saturated heterocycles. The average Bonchev–Trinajstić information content (AvgIpc) is 1.94. The molecule has 1 aromatic carbocycles. The van der Waals surface area contributed by atoms with Crippen molar-refractivity contribution in [3.63, 3.8) is 0 Å². The molecule has 0 amide bonds. The number of hydrogen-bond acceptors (Lipinski definition) is 1. The molecule has 0 aliphatic heterocycles. The van der Waals surface area contributed by atoms with Crippen molar-refractivity contribution in [2.75, 3.05) is 0 Å². The summed E-state index contributed by atoms with van der Waals surface area (Å²) >= 11 is 4.58. The molecular formula is C7H3BrF3IO. The highest BCUT2D eigenvalue weighted by atomic mass is 127. The Kier molecular flexibility index (Phi) is 3.11. The molecular weight excluding hydrogens is 364 g/mol. The topological polar surface area (TPSA) is 20.2 Å². The van der Waals surface area contributed by atoms with Crippen LogP contribution >= 0.6 is 38.5 Å². The molecule has 1 rings (SSSR count). The number of alkyl halides is 3. The van der Waals surface area contributed by atoms with E-state index in [2.05, 4.69) is 15.9 Å². The van der Waals surface area contributed by atoms with Gasteiger partial charge >= 0.3 is 6.18 Å². The van der Waals surface area contributed by atoms with E-state index in [0.717, 1.165) is 6.07 Å². The Morgan fingerprint density at radius 3 is 2.31 bits per heavy atom. The van der Waals surface area contributed by atoms with Crippen LogP contribution in [0.5, 0.6) is 5.75 Å². The second kappa shape index (κ2) is 3.64. The third-order valence-corrected chi connectivity index (χ3v) is 2.56. The molecule has 0 fully saturated rings. The van der Waals surface area contributed by atoms with E-state index in [1.54, 1.807) is 22.6 Å². The van der Waals surface area contributed by atoms with Crippen LogP contribution in [-0.4, -0.2) is 5.11 Å². The van der Waals surface area contributed by atoms with Crippen molar-refractivity contribution in [3.05, 3.63) is 25.7 Å². The lowest BCUT2D eigenvalue weighted by Crippen LogP contribution is -2.05. The van der Waals surface area contributed by atoms with Gasteiger partial charge in [-0.15, -0.1) is 0 Å². The zero-order valence-electron chi connectivity index (χ0n) is 5.99. The maximum Gasteiger partial charge on any atom is 0.420 e. The van der Waals surface area contributed by atoms with Gasteiger partial charge in [0.2, 0.25) is 0 Å². The predicted octanol–water partition coefficient (Wildman–Crippen LogP) is 3.78. The predicted molar refractivity (Wildman–Crippen MR) is 53.5 cm³/mol. The molecule has 1 N–H and O–H groups in total.